The van der Waals surface area contributed by atoms with Crippen molar-refractivity contribution < 1.29 is 14.0 Å². The summed E-state index contributed by atoms with van der Waals surface area (Å²) in [6.45, 7) is 0.412. The van der Waals surface area contributed by atoms with Crippen molar-refractivity contribution in [1.29, 1.82) is 0 Å². The smallest absolute Gasteiger partial charge is 0.254 e. The molecular formula is C18H17FN2O2. The molecule has 1 N–H and O–H groups in total. The lowest BCUT2D eigenvalue weighted by atomic mass is 10.1. The molecule has 0 atom stereocenters. The number of hydrogen-bond acceptors (Lipinski definition) is 2. The quantitative estimate of drug-likeness (QED) is 0.942. The average Bonchev–Trinajstić information content (AvgIpc) is 2.82. The van der Waals surface area contributed by atoms with Gasteiger partial charge in [-0.25, -0.2) is 4.39 Å². The molecule has 1 aliphatic heterocycles. The minimum Gasteiger partial charge on any atom is -0.352 e. The van der Waals surface area contributed by atoms with E-state index in [0.29, 0.717) is 19.4 Å². The van der Waals surface area contributed by atoms with Gasteiger partial charge in [0.25, 0.3) is 5.91 Å². The number of likely N-dealkylation sites (N-methyl/N-ethyl adjacent to an activating group) is 1. The van der Waals surface area contributed by atoms with Gasteiger partial charge in [0.1, 0.15) is 5.82 Å². The molecule has 0 unspecified atom stereocenters. The Morgan fingerprint density at radius 2 is 2.04 bits per heavy atom. The largest absolute Gasteiger partial charge is 0.352 e. The molecule has 0 saturated heterocycles. The van der Waals surface area contributed by atoms with E-state index in [9.17, 15) is 14.0 Å². The Labute approximate surface area is 133 Å². The van der Waals surface area contributed by atoms with Gasteiger partial charge in [0.05, 0.1) is 12.0 Å². The highest BCUT2D eigenvalue weighted by molar-refractivity contribution is 6.01. The summed E-state index contributed by atoms with van der Waals surface area (Å²) >= 11 is 0. The maximum absolute atomic E-state index is 13.5. The number of fused-ring (bicyclic) bond motifs is 1. The second kappa shape index (κ2) is 6.20. The summed E-state index contributed by atoms with van der Waals surface area (Å²) in [6, 6.07) is 11.8. The predicted molar refractivity (Wildman–Crippen MR) is 86.0 cm³/mol. The highest BCUT2D eigenvalue weighted by atomic mass is 19.1. The zero-order valence-corrected chi connectivity index (χ0v) is 12.8. The van der Waals surface area contributed by atoms with Gasteiger partial charge in [-0.1, -0.05) is 24.3 Å². The van der Waals surface area contributed by atoms with E-state index in [2.05, 4.69) is 5.32 Å². The number of carbonyl (C=O) groups excluding carboxylic acids is 2. The zero-order chi connectivity index (χ0) is 16.4. The van der Waals surface area contributed by atoms with E-state index in [-0.39, 0.29) is 11.5 Å². The SMILES string of the molecule is CN1C(=O)Cc2cc(CCNC(=O)c3ccccc3F)ccc21. The second-order valence-electron chi connectivity index (χ2n) is 5.58. The second-order valence-corrected chi connectivity index (χ2v) is 5.58. The van der Waals surface area contributed by atoms with Crippen LogP contribution in [0, 0.1) is 5.82 Å². The van der Waals surface area contributed by atoms with Gasteiger partial charge in [0.2, 0.25) is 5.91 Å². The molecule has 2 amide bonds. The van der Waals surface area contributed by atoms with Crippen LogP contribution < -0.4 is 10.2 Å². The Balaban J connectivity index is 1.60. The third-order valence-electron chi connectivity index (χ3n) is 4.04. The molecule has 1 aliphatic rings. The average molecular weight is 312 g/mol. The predicted octanol–water partition coefficient (Wildman–Crippen LogP) is 2.32. The van der Waals surface area contributed by atoms with E-state index in [1.54, 1.807) is 24.1 Å². The van der Waals surface area contributed by atoms with Gasteiger partial charge in [-0.05, 0) is 35.7 Å². The molecular weight excluding hydrogens is 295 g/mol. The van der Waals surface area contributed by atoms with E-state index < -0.39 is 11.7 Å². The van der Waals surface area contributed by atoms with Gasteiger partial charge in [-0.3, -0.25) is 9.59 Å². The molecule has 0 fully saturated rings. The van der Waals surface area contributed by atoms with Crippen LogP contribution in [0.4, 0.5) is 10.1 Å². The molecule has 3 rings (SSSR count). The van der Waals surface area contributed by atoms with Crippen molar-refractivity contribution >= 4 is 17.5 Å². The normalized spacial score (nSPS) is 13.1. The van der Waals surface area contributed by atoms with Gasteiger partial charge in [0, 0.05) is 19.3 Å². The Kier molecular flexibility index (Phi) is 4.10. The fourth-order valence-electron chi connectivity index (χ4n) is 2.74. The van der Waals surface area contributed by atoms with Gasteiger partial charge < -0.3 is 10.2 Å². The van der Waals surface area contributed by atoms with Gasteiger partial charge in [-0.15, -0.1) is 0 Å². The van der Waals surface area contributed by atoms with Crippen molar-refractivity contribution in [3.63, 3.8) is 0 Å². The van der Waals surface area contributed by atoms with E-state index in [1.807, 2.05) is 18.2 Å². The first-order valence-corrected chi connectivity index (χ1v) is 7.47. The molecule has 23 heavy (non-hydrogen) atoms. The van der Waals surface area contributed by atoms with Gasteiger partial charge >= 0.3 is 0 Å². The third-order valence-corrected chi connectivity index (χ3v) is 4.04. The van der Waals surface area contributed by atoms with Crippen LogP contribution in [-0.2, 0) is 17.6 Å². The Hall–Kier alpha value is -2.69. The number of carbonyl (C=O) groups is 2. The summed E-state index contributed by atoms with van der Waals surface area (Å²) in [7, 11) is 1.77. The van der Waals surface area contributed by atoms with Crippen molar-refractivity contribution in [3.8, 4) is 0 Å². The fraction of sp³-hybridized carbons (Fsp3) is 0.222. The van der Waals surface area contributed by atoms with Gasteiger partial charge in [0.15, 0.2) is 0 Å². The molecule has 0 saturated carbocycles. The van der Waals surface area contributed by atoms with Crippen LogP contribution in [0.15, 0.2) is 42.5 Å². The fourth-order valence-corrected chi connectivity index (χ4v) is 2.74. The molecule has 118 valence electrons. The maximum Gasteiger partial charge on any atom is 0.254 e. The lowest BCUT2D eigenvalue weighted by molar-refractivity contribution is -0.117. The standard InChI is InChI=1S/C18H17FN2O2/c1-21-16-7-6-12(10-13(16)11-17(21)22)8-9-20-18(23)14-4-2-3-5-15(14)19/h2-7,10H,8-9,11H2,1H3,(H,20,23). The molecule has 2 aromatic rings. The van der Waals surface area contributed by atoms with Crippen molar-refractivity contribution in [2.24, 2.45) is 0 Å². The van der Waals surface area contributed by atoms with Crippen LogP contribution >= 0.6 is 0 Å². The maximum atomic E-state index is 13.5. The first-order chi connectivity index (χ1) is 11.1. The summed E-state index contributed by atoms with van der Waals surface area (Å²) in [4.78, 5) is 25.2. The van der Waals surface area contributed by atoms with E-state index in [4.69, 9.17) is 0 Å². The van der Waals surface area contributed by atoms with Crippen LogP contribution in [-0.4, -0.2) is 25.4 Å². The van der Waals surface area contributed by atoms with E-state index in [0.717, 1.165) is 16.8 Å². The first-order valence-electron chi connectivity index (χ1n) is 7.47. The van der Waals surface area contributed by atoms with E-state index >= 15 is 0 Å². The number of benzene rings is 2. The number of nitrogens with one attached hydrogen (secondary N) is 1. The minimum atomic E-state index is -0.524. The number of amides is 2. The van der Waals surface area contributed by atoms with Crippen molar-refractivity contribution in [3.05, 3.63) is 65.0 Å². The Morgan fingerprint density at radius 1 is 1.26 bits per heavy atom. The molecule has 4 nitrogen and oxygen atoms in total. The summed E-state index contributed by atoms with van der Waals surface area (Å²) in [5.74, 6) is -0.853. The van der Waals surface area contributed by atoms with Crippen LogP contribution in [0.1, 0.15) is 21.5 Å². The summed E-state index contributed by atoms with van der Waals surface area (Å²) in [5.41, 5.74) is 3.04. The summed E-state index contributed by atoms with van der Waals surface area (Å²) in [5, 5.41) is 2.72. The molecule has 0 aliphatic carbocycles. The topological polar surface area (TPSA) is 49.4 Å². The monoisotopic (exact) mass is 312 g/mol. The molecule has 0 bridgehead atoms. The van der Waals surface area contributed by atoms with Crippen LogP contribution in [0.2, 0.25) is 0 Å². The lowest BCUT2D eigenvalue weighted by Crippen LogP contribution is -2.26. The molecule has 2 aromatic carbocycles. The number of hydrogen-bond donors (Lipinski definition) is 1. The molecule has 5 heteroatoms. The van der Waals surface area contributed by atoms with Crippen molar-refractivity contribution in [2.75, 3.05) is 18.5 Å². The number of halogens is 1. The lowest BCUT2D eigenvalue weighted by Gasteiger charge is -2.11. The minimum absolute atomic E-state index is 0.0497. The Morgan fingerprint density at radius 3 is 2.83 bits per heavy atom. The van der Waals surface area contributed by atoms with E-state index in [1.165, 1.54) is 12.1 Å². The van der Waals surface area contributed by atoms with Crippen LogP contribution in [0.5, 0.6) is 0 Å². The molecule has 1 heterocycles. The molecule has 0 spiro atoms. The van der Waals surface area contributed by atoms with Crippen LogP contribution in [0.25, 0.3) is 0 Å². The highest BCUT2D eigenvalue weighted by Crippen LogP contribution is 2.28. The third kappa shape index (κ3) is 3.08. The number of nitrogens with zero attached hydrogens (tertiary/aromatic N) is 1. The summed E-state index contributed by atoms with van der Waals surface area (Å²) < 4.78 is 13.5. The zero-order valence-electron chi connectivity index (χ0n) is 12.8. The first kappa shape index (κ1) is 15.2. The number of anilines is 1. The highest BCUT2D eigenvalue weighted by Gasteiger charge is 2.23. The number of rotatable bonds is 4. The molecule has 0 radical (unpaired) electrons. The van der Waals surface area contributed by atoms with Crippen molar-refractivity contribution in [2.45, 2.75) is 12.8 Å². The van der Waals surface area contributed by atoms with Gasteiger partial charge in [-0.2, -0.15) is 0 Å². The summed E-state index contributed by atoms with van der Waals surface area (Å²) in [6.07, 6.45) is 1.05. The Bertz CT molecular complexity index is 773. The molecule has 0 aromatic heterocycles. The van der Waals surface area contributed by atoms with Crippen LogP contribution in [0.3, 0.4) is 0 Å². The van der Waals surface area contributed by atoms with Crippen molar-refractivity contribution in [1.82, 2.24) is 5.32 Å².